The predicted octanol–water partition coefficient (Wildman–Crippen LogP) is 3.48. The molecule has 1 heterocycles. The fraction of sp³-hybridized carbons (Fsp3) is 0.222. The van der Waals surface area contributed by atoms with Crippen molar-refractivity contribution in [1.29, 1.82) is 0 Å². The van der Waals surface area contributed by atoms with E-state index in [1.54, 1.807) is 18.2 Å². The quantitative estimate of drug-likeness (QED) is 0.937. The summed E-state index contributed by atoms with van der Waals surface area (Å²) in [5.41, 5.74) is 4.53. The van der Waals surface area contributed by atoms with E-state index in [1.165, 1.54) is 4.90 Å². The van der Waals surface area contributed by atoms with E-state index in [1.807, 2.05) is 32.0 Å². The first-order chi connectivity index (χ1) is 10.9. The van der Waals surface area contributed by atoms with Crippen LogP contribution in [0.25, 0.3) is 0 Å². The summed E-state index contributed by atoms with van der Waals surface area (Å²) in [7, 11) is 0. The Morgan fingerprint density at radius 3 is 2.57 bits per heavy atom. The fourth-order valence-electron chi connectivity index (χ4n) is 2.92. The Bertz CT molecular complexity index is 781. The molecule has 0 radical (unpaired) electrons. The van der Waals surface area contributed by atoms with Gasteiger partial charge in [0.15, 0.2) is 0 Å². The molecule has 0 unspecified atom stereocenters. The van der Waals surface area contributed by atoms with Gasteiger partial charge in [0.1, 0.15) is 6.54 Å². The average molecular weight is 329 g/mol. The molecule has 0 bridgehead atoms. The van der Waals surface area contributed by atoms with Crippen LogP contribution in [0.1, 0.15) is 16.7 Å². The average Bonchev–Trinajstić information content (AvgIpc) is 2.72. The molecule has 23 heavy (non-hydrogen) atoms. The van der Waals surface area contributed by atoms with Crippen LogP contribution in [0.15, 0.2) is 36.4 Å². The highest BCUT2D eigenvalue weighted by molar-refractivity contribution is 6.31. The van der Waals surface area contributed by atoms with Gasteiger partial charge < -0.3 is 10.2 Å². The Labute approximate surface area is 140 Å². The van der Waals surface area contributed by atoms with Gasteiger partial charge in [0.2, 0.25) is 11.8 Å². The lowest BCUT2D eigenvalue weighted by Gasteiger charge is -2.17. The number of carbonyl (C=O) groups excluding carboxylic acids is 2. The van der Waals surface area contributed by atoms with Crippen molar-refractivity contribution in [2.45, 2.75) is 20.3 Å². The number of anilines is 2. The third-order valence-electron chi connectivity index (χ3n) is 3.78. The second-order valence-electron chi connectivity index (χ2n) is 5.85. The van der Waals surface area contributed by atoms with E-state index in [2.05, 4.69) is 5.32 Å². The van der Waals surface area contributed by atoms with Crippen LogP contribution >= 0.6 is 11.6 Å². The van der Waals surface area contributed by atoms with Crippen molar-refractivity contribution in [3.05, 3.63) is 58.1 Å². The molecular weight excluding hydrogens is 312 g/mol. The molecule has 0 aromatic heterocycles. The molecule has 2 aromatic carbocycles. The summed E-state index contributed by atoms with van der Waals surface area (Å²) in [6, 6.07) is 11.1. The normalized spacial score (nSPS) is 13.2. The summed E-state index contributed by atoms with van der Waals surface area (Å²) in [4.78, 5) is 25.9. The predicted molar refractivity (Wildman–Crippen MR) is 92.1 cm³/mol. The molecule has 1 aliphatic heterocycles. The summed E-state index contributed by atoms with van der Waals surface area (Å²) in [6.07, 6.45) is 0.284. The Balaban J connectivity index is 1.75. The first-order valence-electron chi connectivity index (χ1n) is 7.39. The maximum absolute atomic E-state index is 12.3. The summed E-state index contributed by atoms with van der Waals surface area (Å²) >= 11 is 5.95. The van der Waals surface area contributed by atoms with Crippen LogP contribution in [0.2, 0.25) is 5.02 Å². The van der Waals surface area contributed by atoms with E-state index in [0.717, 1.165) is 28.1 Å². The third-order valence-corrected chi connectivity index (χ3v) is 4.02. The van der Waals surface area contributed by atoms with E-state index in [-0.39, 0.29) is 24.8 Å². The van der Waals surface area contributed by atoms with Crippen molar-refractivity contribution in [1.82, 2.24) is 0 Å². The van der Waals surface area contributed by atoms with Crippen LogP contribution < -0.4 is 10.2 Å². The van der Waals surface area contributed by atoms with Gasteiger partial charge in [-0.05, 0) is 60.9 Å². The number of halogens is 1. The lowest BCUT2D eigenvalue weighted by Crippen LogP contribution is -2.35. The van der Waals surface area contributed by atoms with E-state index in [0.29, 0.717) is 5.02 Å². The second-order valence-corrected chi connectivity index (χ2v) is 6.29. The summed E-state index contributed by atoms with van der Waals surface area (Å²) in [5, 5.41) is 3.45. The topological polar surface area (TPSA) is 49.4 Å². The number of carbonyl (C=O) groups is 2. The molecular formula is C18H17ClN2O2. The van der Waals surface area contributed by atoms with Gasteiger partial charge in [-0.3, -0.25) is 9.59 Å². The third kappa shape index (κ3) is 3.37. The van der Waals surface area contributed by atoms with Crippen LogP contribution in [0.4, 0.5) is 11.4 Å². The number of nitrogens with zero attached hydrogens (tertiary/aromatic N) is 1. The Hall–Kier alpha value is -2.33. The largest absolute Gasteiger partial charge is 0.325 e. The van der Waals surface area contributed by atoms with Crippen LogP contribution in [0.5, 0.6) is 0 Å². The van der Waals surface area contributed by atoms with Gasteiger partial charge in [-0.2, -0.15) is 0 Å². The van der Waals surface area contributed by atoms with Gasteiger partial charge in [0, 0.05) is 16.4 Å². The van der Waals surface area contributed by atoms with E-state index in [9.17, 15) is 9.59 Å². The smallest absolute Gasteiger partial charge is 0.244 e. The van der Waals surface area contributed by atoms with Crippen LogP contribution in [0, 0.1) is 13.8 Å². The fourth-order valence-corrected chi connectivity index (χ4v) is 3.11. The number of hydrogen-bond donors (Lipinski definition) is 1. The minimum absolute atomic E-state index is 0.000452. The highest BCUT2D eigenvalue weighted by Gasteiger charge is 2.28. The number of benzene rings is 2. The molecule has 2 aromatic rings. The molecule has 2 amide bonds. The number of hydrogen-bond acceptors (Lipinski definition) is 2. The zero-order valence-corrected chi connectivity index (χ0v) is 13.8. The molecule has 0 fully saturated rings. The van der Waals surface area contributed by atoms with Crippen molar-refractivity contribution in [3.8, 4) is 0 Å². The number of rotatable bonds is 3. The van der Waals surface area contributed by atoms with Crippen molar-refractivity contribution in [3.63, 3.8) is 0 Å². The van der Waals surface area contributed by atoms with Crippen LogP contribution in [0.3, 0.4) is 0 Å². The zero-order chi connectivity index (χ0) is 16.6. The molecule has 0 saturated heterocycles. The first kappa shape index (κ1) is 15.6. The summed E-state index contributed by atoms with van der Waals surface area (Å²) in [5.74, 6) is -0.302. The Kier molecular flexibility index (Phi) is 4.09. The van der Waals surface area contributed by atoms with Crippen LogP contribution in [-0.4, -0.2) is 18.4 Å². The maximum atomic E-state index is 12.3. The highest BCUT2D eigenvalue weighted by atomic mass is 35.5. The van der Waals surface area contributed by atoms with Crippen molar-refractivity contribution in [2.75, 3.05) is 16.8 Å². The molecule has 4 nitrogen and oxygen atoms in total. The lowest BCUT2D eigenvalue weighted by atomic mass is 10.1. The molecule has 0 spiro atoms. The van der Waals surface area contributed by atoms with Gasteiger partial charge in [-0.25, -0.2) is 0 Å². The molecule has 0 atom stereocenters. The maximum Gasteiger partial charge on any atom is 0.244 e. The van der Waals surface area contributed by atoms with Gasteiger partial charge in [-0.1, -0.05) is 17.7 Å². The summed E-state index contributed by atoms with van der Waals surface area (Å²) < 4.78 is 0. The van der Waals surface area contributed by atoms with Crippen molar-refractivity contribution in [2.24, 2.45) is 0 Å². The Morgan fingerprint density at radius 2 is 1.87 bits per heavy atom. The summed E-state index contributed by atoms with van der Waals surface area (Å²) in [6.45, 7) is 3.96. The first-order valence-corrected chi connectivity index (χ1v) is 7.77. The minimum Gasteiger partial charge on any atom is -0.325 e. The van der Waals surface area contributed by atoms with E-state index in [4.69, 9.17) is 11.6 Å². The van der Waals surface area contributed by atoms with Gasteiger partial charge in [0.05, 0.1) is 6.42 Å². The number of nitrogens with one attached hydrogen (secondary N) is 1. The molecule has 1 N–H and O–H groups in total. The lowest BCUT2D eigenvalue weighted by molar-refractivity contribution is -0.120. The van der Waals surface area contributed by atoms with Gasteiger partial charge in [0.25, 0.3) is 0 Å². The van der Waals surface area contributed by atoms with Gasteiger partial charge in [-0.15, -0.1) is 0 Å². The van der Waals surface area contributed by atoms with E-state index >= 15 is 0 Å². The Morgan fingerprint density at radius 1 is 1.17 bits per heavy atom. The van der Waals surface area contributed by atoms with Gasteiger partial charge >= 0.3 is 0 Å². The van der Waals surface area contributed by atoms with Crippen molar-refractivity contribution < 1.29 is 9.59 Å². The molecule has 0 saturated carbocycles. The van der Waals surface area contributed by atoms with E-state index < -0.39 is 0 Å². The molecule has 118 valence electrons. The number of amides is 2. The molecule has 1 aliphatic rings. The standard InChI is InChI=1S/C18H17ClN2O2/c1-11-5-12(2)7-15(6-11)20-17(22)10-21-16-4-3-14(19)8-13(16)9-18(21)23/h3-8H,9-10H2,1-2H3,(H,20,22). The molecule has 5 heteroatoms. The zero-order valence-electron chi connectivity index (χ0n) is 13.0. The number of fused-ring (bicyclic) bond motifs is 1. The van der Waals surface area contributed by atoms with Crippen molar-refractivity contribution >= 4 is 34.8 Å². The monoisotopic (exact) mass is 328 g/mol. The molecule has 0 aliphatic carbocycles. The number of aryl methyl sites for hydroxylation is 2. The highest BCUT2D eigenvalue weighted by Crippen LogP contribution is 2.31. The SMILES string of the molecule is Cc1cc(C)cc(NC(=O)CN2C(=O)Cc3cc(Cl)ccc32)c1. The van der Waals surface area contributed by atoms with Crippen LogP contribution in [-0.2, 0) is 16.0 Å². The second kappa shape index (κ2) is 6.05. The molecule has 3 rings (SSSR count). The minimum atomic E-state index is -0.217.